The lowest BCUT2D eigenvalue weighted by molar-refractivity contribution is 0.630. The molecule has 5 heteroatoms. The smallest absolute Gasteiger partial charge is 0.188 e. The SMILES string of the molecule is CC(C)(C)Nc1ccnc(C(N)=S)n1. The van der Waals surface area contributed by atoms with E-state index in [0.29, 0.717) is 5.82 Å². The van der Waals surface area contributed by atoms with E-state index in [1.54, 1.807) is 12.3 Å². The van der Waals surface area contributed by atoms with Crippen LogP contribution in [0.2, 0.25) is 0 Å². The fourth-order valence-corrected chi connectivity index (χ4v) is 1.03. The second-order valence-electron chi connectivity index (χ2n) is 4.00. The minimum Gasteiger partial charge on any atom is -0.387 e. The molecule has 1 aromatic rings. The highest BCUT2D eigenvalue weighted by molar-refractivity contribution is 7.80. The summed E-state index contributed by atoms with van der Waals surface area (Å²) in [5, 5.41) is 3.21. The number of anilines is 1. The van der Waals surface area contributed by atoms with Crippen LogP contribution < -0.4 is 11.1 Å². The maximum absolute atomic E-state index is 5.43. The minimum absolute atomic E-state index is 0.0398. The fourth-order valence-electron chi connectivity index (χ4n) is 0.931. The molecule has 0 aliphatic carbocycles. The van der Waals surface area contributed by atoms with Crippen LogP contribution >= 0.6 is 12.2 Å². The van der Waals surface area contributed by atoms with Gasteiger partial charge in [0.25, 0.3) is 0 Å². The third-order valence-corrected chi connectivity index (χ3v) is 1.56. The van der Waals surface area contributed by atoms with Crippen molar-refractivity contribution in [2.75, 3.05) is 5.32 Å². The predicted octanol–water partition coefficient (Wildman–Crippen LogP) is 1.32. The molecule has 76 valence electrons. The Bertz CT molecular complexity index is 343. The van der Waals surface area contributed by atoms with E-state index in [4.69, 9.17) is 18.0 Å². The van der Waals surface area contributed by atoms with Gasteiger partial charge >= 0.3 is 0 Å². The van der Waals surface area contributed by atoms with Gasteiger partial charge in [-0.15, -0.1) is 0 Å². The first-order valence-corrected chi connectivity index (χ1v) is 4.70. The summed E-state index contributed by atoms with van der Waals surface area (Å²) in [6.07, 6.45) is 1.63. The van der Waals surface area contributed by atoms with Gasteiger partial charge in [-0.1, -0.05) is 12.2 Å². The molecule has 0 bridgehead atoms. The normalized spacial score (nSPS) is 11.1. The van der Waals surface area contributed by atoms with Gasteiger partial charge in [0.05, 0.1) is 0 Å². The van der Waals surface area contributed by atoms with E-state index < -0.39 is 0 Å². The number of nitrogens with two attached hydrogens (primary N) is 1. The van der Waals surface area contributed by atoms with Gasteiger partial charge in [-0.05, 0) is 26.8 Å². The van der Waals surface area contributed by atoms with E-state index >= 15 is 0 Å². The number of rotatable bonds is 2. The summed E-state index contributed by atoms with van der Waals surface area (Å²) in [5.41, 5.74) is 5.39. The van der Waals surface area contributed by atoms with Crippen LogP contribution in [0, 0.1) is 0 Å². The second-order valence-corrected chi connectivity index (χ2v) is 4.44. The number of hydrogen-bond donors (Lipinski definition) is 2. The van der Waals surface area contributed by atoms with E-state index in [1.165, 1.54) is 0 Å². The first-order chi connectivity index (χ1) is 6.38. The quantitative estimate of drug-likeness (QED) is 0.721. The van der Waals surface area contributed by atoms with Gasteiger partial charge in [-0.2, -0.15) is 0 Å². The van der Waals surface area contributed by atoms with Gasteiger partial charge in [0.2, 0.25) is 0 Å². The molecule has 0 amide bonds. The van der Waals surface area contributed by atoms with Gasteiger partial charge in [0.15, 0.2) is 5.82 Å². The van der Waals surface area contributed by atoms with Crippen molar-refractivity contribution in [2.45, 2.75) is 26.3 Å². The van der Waals surface area contributed by atoms with Gasteiger partial charge in [0.1, 0.15) is 10.8 Å². The van der Waals surface area contributed by atoms with Crippen LogP contribution in [0.5, 0.6) is 0 Å². The standard InChI is InChI=1S/C9H14N4S/c1-9(2,3)13-6-4-5-11-8(12-6)7(10)14/h4-5H,1-3H3,(H2,10,14)(H,11,12,13). The zero-order valence-corrected chi connectivity index (χ0v) is 9.35. The molecule has 0 radical (unpaired) electrons. The van der Waals surface area contributed by atoms with Crippen LogP contribution in [0.25, 0.3) is 0 Å². The lowest BCUT2D eigenvalue weighted by Gasteiger charge is -2.21. The first kappa shape index (κ1) is 10.8. The average Bonchev–Trinajstić information content (AvgIpc) is 2.01. The van der Waals surface area contributed by atoms with Gasteiger partial charge in [-0.25, -0.2) is 9.97 Å². The second kappa shape index (κ2) is 3.88. The molecule has 0 atom stereocenters. The highest BCUT2D eigenvalue weighted by Crippen LogP contribution is 2.10. The summed E-state index contributed by atoms with van der Waals surface area (Å²) >= 11 is 4.79. The number of aromatic nitrogens is 2. The summed E-state index contributed by atoms with van der Waals surface area (Å²) in [5.74, 6) is 1.13. The van der Waals surface area contributed by atoms with Crippen LogP contribution in [0.3, 0.4) is 0 Å². The fraction of sp³-hybridized carbons (Fsp3) is 0.444. The van der Waals surface area contributed by atoms with Gasteiger partial charge in [0, 0.05) is 11.7 Å². The van der Waals surface area contributed by atoms with Gasteiger partial charge in [-0.3, -0.25) is 0 Å². The summed E-state index contributed by atoms with van der Waals surface area (Å²) in [6.45, 7) is 6.15. The highest BCUT2D eigenvalue weighted by Gasteiger charge is 2.10. The molecule has 1 heterocycles. The van der Waals surface area contributed by atoms with Crippen LogP contribution in [-0.4, -0.2) is 20.5 Å². The molecule has 0 saturated carbocycles. The highest BCUT2D eigenvalue weighted by atomic mass is 32.1. The van der Waals surface area contributed by atoms with E-state index in [0.717, 1.165) is 5.82 Å². The molecule has 0 aromatic carbocycles. The van der Waals surface area contributed by atoms with Crippen molar-refractivity contribution in [3.63, 3.8) is 0 Å². The Kier molecular flexibility index (Phi) is 3.00. The van der Waals surface area contributed by atoms with E-state index in [1.807, 2.05) is 0 Å². The molecule has 0 fully saturated rings. The Hall–Kier alpha value is -1.23. The molecule has 0 saturated heterocycles. The minimum atomic E-state index is -0.0398. The Labute approximate surface area is 88.9 Å². The van der Waals surface area contributed by atoms with Crippen molar-refractivity contribution in [3.05, 3.63) is 18.1 Å². The third kappa shape index (κ3) is 3.26. The number of nitrogens with zero attached hydrogens (tertiary/aromatic N) is 2. The van der Waals surface area contributed by atoms with Crippen LogP contribution in [0.15, 0.2) is 12.3 Å². The summed E-state index contributed by atoms with van der Waals surface area (Å²) in [6, 6.07) is 1.78. The maximum atomic E-state index is 5.43. The monoisotopic (exact) mass is 210 g/mol. The summed E-state index contributed by atoms with van der Waals surface area (Å²) in [7, 11) is 0. The largest absolute Gasteiger partial charge is 0.387 e. The lowest BCUT2D eigenvalue weighted by Crippen LogP contribution is -2.27. The predicted molar refractivity (Wildman–Crippen MR) is 61.3 cm³/mol. The van der Waals surface area contributed by atoms with Crippen molar-refractivity contribution in [2.24, 2.45) is 5.73 Å². The van der Waals surface area contributed by atoms with Crippen molar-refractivity contribution in [1.29, 1.82) is 0 Å². The average molecular weight is 210 g/mol. The molecule has 0 aliphatic heterocycles. The number of thiocarbonyl (C=S) groups is 1. The third-order valence-electron chi connectivity index (χ3n) is 1.38. The Balaban J connectivity index is 2.89. The molecule has 4 nitrogen and oxygen atoms in total. The van der Waals surface area contributed by atoms with E-state index in [-0.39, 0.29) is 10.5 Å². The molecule has 0 spiro atoms. The topological polar surface area (TPSA) is 63.8 Å². The summed E-state index contributed by atoms with van der Waals surface area (Å²) < 4.78 is 0. The van der Waals surface area contributed by atoms with E-state index in [9.17, 15) is 0 Å². The number of hydrogen-bond acceptors (Lipinski definition) is 4. The number of nitrogens with one attached hydrogen (secondary N) is 1. The molecule has 1 aromatic heterocycles. The maximum Gasteiger partial charge on any atom is 0.188 e. The Morgan fingerprint density at radius 1 is 1.50 bits per heavy atom. The molecule has 3 N–H and O–H groups in total. The molecular formula is C9H14N4S. The van der Waals surface area contributed by atoms with E-state index in [2.05, 4.69) is 36.1 Å². The van der Waals surface area contributed by atoms with Crippen molar-refractivity contribution >= 4 is 23.0 Å². The van der Waals surface area contributed by atoms with Crippen molar-refractivity contribution < 1.29 is 0 Å². The van der Waals surface area contributed by atoms with Gasteiger partial charge < -0.3 is 11.1 Å². The molecule has 0 unspecified atom stereocenters. The summed E-state index contributed by atoms with van der Waals surface area (Å²) in [4.78, 5) is 8.33. The van der Waals surface area contributed by atoms with Crippen LogP contribution in [-0.2, 0) is 0 Å². The van der Waals surface area contributed by atoms with Crippen molar-refractivity contribution in [3.8, 4) is 0 Å². The molecule has 14 heavy (non-hydrogen) atoms. The lowest BCUT2D eigenvalue weighted by atomic mass is 10.1. The van der Waals surface area contributed by atoms with Crippen LogP contribution in [0.4, 0.5) is 5.82 Å². The van der Waals surface area contributed by atoms with Crippen molar-refractivity contribution in [1.82, 2.24) is 9.97 Å². The Morgan fingerprint density at radius 2 is 2.14 bits per heavy atom. The Morgan fingerprint density at radius 3 is 2.64 bits per heavy atom. The molecule has 1 rings (SSSR count). The zero-order chi connectivity index (χ0) is 10.8. The van der Waals surface area contributed by atoms with Crippen LogP contribution in [0.1, 0.15) is 26.6 Å². The molecular weight excluding hydrogens is 196 g/mol. The first-order valence-electron chi connectivity index (χ1n) is 4.29. The zero-order valence-electron chi connectivity index (χ0n) is 8.53. The molecule has 0 aliphatic rings.